The van der Waals surface area contributed by atoms with Crippen LogP contribution in [0.15, 0.2) is 97.2 Å². The fourth-order valence-corrected chi connectivity index (χ4v) is 7.37. The van der Waals surface area contributed by atoms with Crippen LogP contribution in [0.2, 0.25) is 0 Å². The van der Waals surface area contributed by atoms with Crippen molar-refractivity contribution >= 4 is 17.9 Å². The molecule has 0 fully saturated rings. The second-order valence-electron chi connectivity index (χ2n) is 18.1. The number of carbonyl (C=O) groups excluding carboxylic acids is 3. The molecule has 0 N–H and O–H groups in total. The lowest BCUT2D eigenvalue weighted by Crippen LogP contribution is -2.30. The number of unbranched alkanes of at least 4 members (excludes halogenated alkanes) is 22. The molecule has 0 heterocycles. The number of carbonyl (C=O) groups is 3. The predicted molar refractivity (Wildman–Crippen MR) is 288 cm³/mol. The average Bonchev–Trinajstić information content (AvgIpc) is 3.33. The molecule has 0 saturated carbocycles. The lowest BCUT2D eigenvalue weighted by molar-refractivity contribution is -0.167. The van der Waals surface area contributed by atoms with Gasteiger partial charge in [0, 0.05) is 19.3 Å². The Bertz CT molecular complexity index is 1350. The third-order valence-corrected chi connectivity index (χ3v) is 11.5. The van der Waals surface area contributed by atoms with Gasteiger partial charge in [0.2, 0.25) is 0 Å². The fraction of sp³-hybridized carbons (Fsp3) is 0.689. The van der Waals surface area contributed by atoms with Crippen LogP contribution in [0.3, 0.4) is 0 Å². The zero-order chi connectivity index (χ0) is 48.6. The highest BCUT2D eigenvalue weighted by Crippen LogP contribution is 2.13. The zero-order valence-electron chi connectivity index (χ0n) is 43.6. The van der Waals surface area contributed by atoms with Gasteiger partial charge >= 0.3 is 17.9 Å². The molecule has 0 saturated heterocycles. The first-order chi connectivity index (χ1) is 33.0. The molecule has 0 aromatic rings. The second-order valence-corrected chi connectivity index (χ2v) is 18.1. The first-order valence-corrected chi connectivity index (χ1v) is 27.7. The number of hydrogen-bond acceptors (Lipinski definition) is 6. The van der Waals surface area contributed by atoms with E-state index in [1.807, 2.05) is 0 Å². The Kier molecular flexibility index (Phi) is 51.9. The minimum absolute atomic E-state index is 0.0939. The van der Waals surface area contributed by atoms with Crippen molar-refractivity contribution in [2.24, 2.45) is 0 Å². The van der Waals surface area contributed by atoms with Crippen molar-refractivity contribution in [1.82, 2.24) is 0 Å². The minimum atomic E-state index is -0.796. The molecule has 67 heavy (non-hydrogen) atoms. The molecule has 1 unspecified atom stereocenters. The van der Waals surface area contributed by atoms with Crippen molar-refractivity contribution in [2.45, 2.75) is 258 Å². The van der Waals surface area contributed by atoms with E-state index in [0.29, 0.717) is 19.3 Å². The van der Waals surface area contributed by atoms with Crippen molar-refractivity contribution in [3.05, 3.63) is 97.2 Å². The van der Waals surface area contributed by atoms with Crippen LogP contribution in [0.25, 0.3) is 0 Å². The van der Waals surface area contributed by atoms with Crippen LogP contribution >= 0.6 is 0 Å². The van der Waals surface area contributed by atoms with Gasteiger partial charge in [-0.2, -0.15) is 0 Å². The summed E-state index contributed by atoms with van der Waals surface area (Å²) < 4.78 is 16.8. The Labute approximate surface area is 413 Å². The maximum absolute atomic E-state index is 12.8. The molecule has 0 spiro atoms. The van der Waals surface area contributed by atoms with Gasteiger partial charge in [-0.3, -0.25) is 14.4 Å². The van der Waals surface area contributed by atoms with Crippen molar-refractivity contribution in [3.8, 4) is 0 Å². The Morgan fingerprint density at radius 3 is 0.925 bits per heavy atom. The maximum Gasteiger partial charge on any atom is 0.306 e. The molecule has 0 radical (unpaired) electrons. The number of hydrogen-bond donors (Lipinski definition) is 0. The van der Waals surface area contributed by atoms with E-state index in [2.05, 4.69) is 118 Å². The normalized spacial score (nSPS) is 12.8. The quantitative estimate of drug-likeness (QED) is 0.0262. The van der Waals surface area contributed by atoms with E-state index in [0.717, 1.165) is 128 Å². The molecule has 1 atom stereocenters. The molecule has 0 aliphatic rings. The Morgan fingerprint density at radius 1 is 0.313 bits per heavy atom. The summed E-state index contributed by atoms with van der Waals surface area (Å²) in [7, 11) is 0. The van der Waals surface area contributed by atoms with E-state index < -0.39 is 6.10 Å². The summed E-state index contributed by atoms with van der Waals surface area (Å²) in [5, 5.41) is 0. The van der Waals surface area contributed by atoms with E-state index in [1.54, 1.807) is 0 Å². The molecular formula is C61H102O6. The lowest BCUT2D eigenvalue weighted by Gasteiger charge is -2.18. The van der Waals surface area contributed by atoms with Gasteiger partial charge in [-0.15, -0.1) is 0 Å². The van der Waals surface area contributed by atoms with E-state index in [9.17, 15) is 14.4 Å². The van der Waals surface area contributed by atoms with Gasteiger partial charge in [0.25, 0.3) is 0 Å². The summed E-state index contributed by atoms with van der Waals surface area (Å²) in [5.41, 5.74) is 0. The van der Waals surface area contributed by atoms with Gasteiger partial charge in [0.1, 0.15) is 13.2 Å². The summed E-state index contributed by atoms with van der Waals surface area (Å²) in [4.78, 5) is 38.0. The molecule has 6 nitrogen and oxygen atoms in total. The zero-order valence-corrected chi connectivity index (χ0v) is 43.6. The molecule has 0 aliphatic heterocycles. The molecule has 6 heteroatoms. The van der Waals surface area contributed by atoms with Gasteiger partial charge < -0.3 is 14.2 Å². The fourth-order valence-electron chi connectivity index (χ4n) is 7.37. The Morgan fingerprint density at radius 2 is 0.582 bits per heavy atom. The van der Waals surface area contributed by atoms with Crippen LogP contribution in [0.4, 0.5) is 0 Å². The Hall–Kier alpha value is -3.67. The number of ether oxygens (including phenoxy) is 3. The van der Waals surface area contributed by atoms with Crippen LogP contribution < -0.4 is 0 Å². The van der Waals surface area contributed by atoms with E-state index in [-0.39, 0.29) is 31.1 Å². The molecule has 0 aromatic carbocycles. The largest absolute Gasteiger partial charge is 0.462 e. The second kappa shape index (κ2) is 54.9. The van der Waals surface area contributed by atoms with Crippen LogP contribution in [0, 0.1) is 0 Å². The molecule has 0 bridgehead atoms. The van der Waals surface area contributed by atoms with Crippen LogP contribution in [-0.2, 0) is 28.6 Å². The molecule has 0 aromatic heterocycles. The first kappa shape index (κ1) is 63.3. The van der Waals surface area contributed by atoms with E-state index in [4.69, 9.17) is 14.2 Å². The molecule has 382 valence electrons. The SMILES string of the molecule is CC/C=C\C/C=C\C/C=C\C/C=C\C/C=C\C/C=C\CCCCCCC(=O)OCC(COC(=O)CCCCCCC/C=C\CCCCCC)OC(=O)CCCCCCC/C=C\CCCCCC. The molecule has 0 amide bonds. The van der Waals surface area contributed by atoms with Gasteiger partial charge in [-0.05, 0) is 122 Å². The van der Waals surface area contributed by atoms with Gasteiger partial charge in [-0.25, -0.2) is 0 Å². The molecule has 0 rings (SSSR count). The van der Waals surface area contributed by atoms with Gasteiger partial charge in [0.05, 0.1) is 0 Å². The van der Waals surface area contributed by atoms with Crippen molar-refractivity contribution in [1.29, 1.82) is 0 Å². The van der Waals surface area contributed by atoms with Crippen molar-refractivity contribution < 1.29 is 28.6 Å². The highest BCUT2D eigenvalue weighted by atomic mass is 16.6. The summed E-state index contributed by atoms with van der Waals surface area (Å²) in [6.45, 7) is 6.46. The van der Waals surface area contributed by atoms with E-state index in [1.165, 1.54) is 83.5 Å². The van der Waals surface area contributed by atoms with Crippen molar-refractivity contribution in [3.63, 3.8) is 0 Å². The molecular weight excluding hydrogens is 829 g/mol. The Balaban J connectivity index is 4.41. The monoisotopic (exact) mass is 931 g/mol. The van der Waals surface area contributed by atoms with Gasteiger partial charge in [0.15, 0.2) is 6.10 Å². The highest BCUT2D eigenvalue weighted by Gasteiger charge is 2.19. The van der Waals surface area contributed by atoms with Crippen LogP contribution in [0.1, 0.15) is 252 Å². The number of rotatable bonds is 49. The summed E-state index contributed by atoms with van der Waals surface area (Å²) in [6, 6.07) is 0. The minimum Gasteiger partial charge on any atom is -0.462 e. The molecule has 0 aliphatic carbocycles. The summed E-state index contributed by atoms with van der Waals surface area (Å²) >= 11 is 0. The smallest absolute Gasteiger partial charge is 0.306 e. The topological polar surface area (TPSA) is 78.9 Å². The first-order valence-electron chi connectivity index (χ1n) is 27.7. The summed E-state index contributed by atoms with van der Waals surface area (Å²) in [6.07, 6.45) is 72.5. The standard InChI is InChI=1S/C61H102O6/c1-4-7-10-13-16-19-22-25-26-27-28-29-30-31-32-33-34-37-39-42-45-48-51-54-60(63)66-57-58(67-61(64)55-52-49-46-43-40-36-24-21-18-15-12-9-6-3)56-65-59(62)53-50-47-44-41-38-35-23-20-17-14-11-8-5-2/h7,10,16,19-21,23-26,28-29,31-32,34,37,58H,4-6,8-9,11-15,17-18,22,27,30,33,35-36,38-57H2,1-3H3/b10-7-,19-16-,23-20-,24-21-,26-25-,29-28-,32-31-,37-34-. The predicted octanol–water partition coefficient (Wildman–Crippen LogP) is 18.5. The maximum atomic E-state index is 12.8. The third-order valence-electron chi connectivity index (χ3n) is 11.5. The van der Waals surface area contributed by atoms with Crippen LogP contribution in [0.5, 0.6) is 0 Å². The average molecular weight is 931 g/mol. The van der Waals surface area contributed by atoms with E-state index >= 15 is 0 Å². The third kappa shape index (κ3) is 53.2. The van der Waals surface area contributed by atoms with Crippen molar-refractivity contribution in [2.75, 3.05) is 13.2 Å². The number of esters is 3. The summed E-state index contributed by atoms with van der Waals surface area (Å²) in [5.74, 6) is -0.937. The van der Waals surface area contributed by atoms with Crippen LogP contribution in [-0.4, -0.2) is 37.2 Å². The lowest BCUT2D eigenvalue weighted by atomic mass is 10.1. The number of allylic oxidation sites excluding steroid dienone is 16. The van der Waals surface area contributed by atoms with Gasteiger partial charge in [-0.1, -0.05) is 208 Å². The highest BCUT2D eigenvalue weighted by molar-refractivity contribution is 5.71.